The normalized spacial score (nSPS) is 14.1. The van der Waals surface area contributed by atoms with E-state index in [1.165, 1.54) is 0 Å². The number of hydrogen-bond donors (Lipinski definition) is 1. The molecule has 1 aromatic carbocycles. The number of allylic oxidation sites excluding steroid dienone is 2. The summed E-state index contributed by atoms with van der Waals surface area (Å²) < 4.78 is 11.4. The van der Waals surface area contributed by atoms with E-state index < -0.39 is 0 Å². The molecule has 8 nitrogen and oxygen atoms in total. The topological polar surface area (TPSA) is 84.8 Å². The predicted octanol–water partition coefficient (Wildman–Crippen LogP) is 5.54. The van der Waals surface area contributed by atoms with Crippen molar-refractivity contribution in [1.82, 2.24) is 15.0 Å². The number of rotatable bonds is 7. The summed E-state index contributed by atoms with van der Waals surface area (Å²) in [6, 6.07) is 12.0. The molecule has 36 heavy (non-hydrogen) atoms. The summed E-state index contributed by atoms with van der Waals surface area (Å²) in [7, 11) is 3.45. The van der Waals surface area contributed by atoms with E-state index in [1.54, 1.807) is 19.5 Å². The Kier molecular flexibility index (Phi) is 9.94. The second-order valence-corrected chi connectivity index (χ2v) is 7.84. The number of benzene rings is 1. The Morgan fingerprint density at radius 2 is 1.83 bits per heavy atom. The molecule has 4 rings (SSSR count). The third kappa shape index (κ3) is 6.26. The van der Waals surface area contributed by atoms with Crippen molar-refractivity contribution in [3.05, 3.63) is 66.0 Å². The monoisotopic (exact) mass is 488 g/mol. The Hall–Kier alpha value is -3.78. The molecule has 0 saturated carbocycles. The number of aliphatic imine (C=N–C) groups is 1. The number of anilines is 3. The van der Waals surface area contributed by atoms with E-state index in [2.05, 4.69) is 45.3 Å². The number of morpholine rings is 1. The molecule has 2 aromatic heterocycles. The Morgan fingerprint density at radius 1 is 1.11 bits per heavy atom. The summed E-state index contributed by atoms with van der Waals surface area (Å²) in [5.41, 5.74) is 5.58. The number of pyridine rings is 1. The molecule has 0 atom stereocenters. The van der Waals surface area contributed by atoms with Gasteiger partial charge in [0.2, 0.25) is 5.95 Å². The van der Waals surface area contributed by atoms with Gasteiger partial charge in [0.15, 0.2) is 11.6 Å². The summed E-state index contributed by atoms with van der Waals surface area (Å²) in [6.07, 6.45) is 5.53. The summed E-state index contributed by atoms with van der Waals surface area (Å²) in [6.45, 7) is 10.8. The first kappa shape index (κ1) is 26.8. The van der Waals surface area contributed by atoms with Gasteiger partial charge in [-0.1, -0.05) is 38.1 Å². The van der Waals surface area contributed by atoms with Crippen LogP contribution in [0.2, 0.25) is 0 Å². The van der Waals surface area contributed by atoms with Gasteiger partial charge in [-0.25, -0.2) is 4.98 Å². The quantitative estimate of drug-likeness (QED) is 0.437. The maximum absolute atomic E-state index is 5.85. The number of aromatic nitrogens is 3. The Morgan fingerprint density at radius 3 is 2.47 bits per heavy atom. The summed E-state index contributed by atoms with van der Waals surface area (Å²) in [5.74, 6) is 1.80. The van der Waals surface area contributed by atoms with Crippen molar-refractivity contribution in [2.75, 3.05) is 50.7 Å². The van der Waals surface area contributed by atoms with Crippen LogP contribution < -0.4 is 15.0 Å². The number of ether oxygens (including phenoxy) is 2. The number of nitrogens with one attached hydrogen (secondary N) is 1. The fraction of sp³-hybridized carbons (Fsp3) is 0.357. The van der Waals surface area contributed by atoms with E-state index in [0.29, 0.717) is 36.4 Å². The van der Waals surface area contributed by atoms with Crippen LogP contribution in [0, 0.1) is 0 Å². The Balaban J connectivity index is 0.00000176. The highest BCUT2D eigenvalue weighted by Crippen LogP contribution is 2.37. The van der Waals surface area contributed by atoms with Gasteiger partial charge in [0.05, 0.1) is 26.0 Å². The third-order valence-corrected chi connectivity index (χ3v) is 5.73. The van der Waals surface area contributed by atoms with Crippen molar-refractivity contribution >= 4 is 23.2 Å². The fourth-order valence-corrected chi connectivity index (χ4v) is 3.87. The van der Waals surface area contributed by atoms with Gasteiger partial charge in [0, 0.05) is 49.3 Å². The van der Waals surface area contributed by atoms with Crippen LogP contribution in [0.15, 0.2) is 65.4 Å². The van der Waals surface area contributed by atoms with Crippen LogP contribution in [0.5, 0.6) is 5.75 Å². The average Bonchev–Trinajstić information content (AvgIpc) is 2.95. The maximum Gasteiger partial charge on any atom is 0.228 e. The molecule has 0 aliphatic carbocycles. The van der Waals surface area contributed by atoms with Crippen molar-refractivity contribution in [2.45, 2.75) is 27.7 Å². The van der Waals surface area contributed by atoms with Gasteiger partial charge in [0.1, 0.15) is 5.69 Å². The van der Waals surface area contributed by atoms with Crippen molar-refractivity contribution < 1.29 is 9.47 Å². The zero-order valence-corrected chi connectivity index (χ0v) is 22.1. The first-order chi connectivity index (χ1) is 17.6. The molecule has 1 fully saturated rings. The van der Waals surface area contributed by atoms with Crippen LogP contribution in [0.4, 0.5) is 17.5 Å². The van der Waals surface area contributed by atoms with Crippen LogP contribution in [0.25, 0.3) is 11.3 Å². The highest BCUT2D eigenvalue weighted by atomic mass is 16.5. The molecule has 3 heterocycles. The van der Waals surface area contributed by atoms with Gasteiger partial charge in [-0.15, -0.1) is 0 Å². The van der Waals surface area contributed by atoms with E-state index in [4.69, 9.17) is 19.4 Å². The Labute approximate surface area is 214 Å². The first-order valence-corrected chi connectivity index (χ1v) is 12.3. The largest absolute Gasteiger partial charge is 0.491 e. The minimum atomic E-state index is 0.573. The average molecular weight is 489 g/mol. The van der Waals surface area contributed by atoms with Crippen LogP contribution >= 0.6 is 0 Å². The lowest BCUT2D eigenvalue weighted by Crippen LogP contribution is -2.37. The SMILES string of the molecule is C/C=C(/C)C(=NC)c1cccc(-c2nc(N3CCOCC3)nc(Nc3ccncc3)c2OC)c1.CC. The molecule has 0 unspecified atom stereocenters. The molecule has 1 saturated heterocycles. The van der Waals surface area contributed by atoms with Gasteiger partial charge in [0.25, 0.3) is 0 Å². The lowest BCUT2D eigenvalue weighted by molar-refractivity contribution is 0.122. The first-order valence-electron chi connectivity index (χ1n) is 12.3. The number of hydrogen-bond acceptors (Lipinski definition) is 8. The van der Waals surface area contributed by atoms with Crippen molar-refractivity contribution in [1.29, 1.82) is 0 Å². The highest BCUT2D eigenvalue weighted by Gasteiger charge is 2.22. The molecule has 1 N–H and O–H groups in total. The fourth-order valence-electron chi connectivity index (χ4n) is 3.87. The minimum Gasteiger partial charge on any atom is -0.491 e. The molecule has 0 amide bonds. The third-order valence-electron chi connectivity index (χ3n) is 5.73. The molecule has 0 radical (unpaired) electrons. The molecular formula is C28H36N6O2. The lowest BCUT2D eigenvalue weighted by Gasteiger charge is -2.28. The van der Waals surface area contributed by atoms with E-state index in [-0.39, 0.29) is 0 Å². The summed E-state index contributed by atoms with van der Waals surface area (Å²) in [4.78, 5) is 20.5. The highest BCUT2D eigenvalue weighted by molar-refractivity contribution is 6.12. The molecule has 8 heteroatoms. The molecule has 1 aliphatic heterocycles. The van der Waals surface area contributed by atoms with Gasteiger partial charge < -0.3 is 19.7 Å². The van der Waals surface area contributed by atoms with E-state index in [9.17, 15) is 0 Å². The number of methoxy groups -OCH3 is 1. The standard InChI is InChI=1S/C26H30N6O2.C2H6/c1-5-18(2)22(27-3)19-7-6-8-20(17-19)23-24(33-4)25(29-21-9-11-28-12-10-21)31-26(30-23)32-13-15-34-16-14-32;1-2/h5-12,17H,13-16H2,1-4H3,(H,28,29,30,31);1-2H3/b18-5-,27-22?;. The molecule has 190 valence electrons. The second-order valence-electron chi connectivity index (χ2n) is 7.84. The molecule has 0 spiro atoms. The minimum absolute atomic E-state index is 0.573. The Bertz CT molecular complexity index is 1190. The van der Waals surface area contributed by atoms with E-state index in [1.807, 2.05) is 52.1 Å². The van der Waals surface area contributed by atoms with Crippen LogP contribution in [-0.2, 0) is 4.74 Å². The zero-order chi connectivity index (χ0) is 25.9. The van der Waals surface area contributed by atoms with Crippen LogP contribution in [-0.4, -0.2) is 61.1 Å². The molecule has 1 aliphatic rings. The van der Waals surface area contributed by atoms with Crippen molar-refractivity contribution in [3.63, 3.8) is 0 Å². The molecule has 0 bridgehead atoms. The van der Waals surface area contributed by atoms with Gasteiger partial charge in [-0.2, -0.15) is 4.98 Å². The van der Waals surface area contributed by atoms with Crippen LogP contribution in [0.3, 0.4) is 0 Å². The number of nitrogens with zero attached hydrogens (tertiary/aromatic N) is 5. The van der Waals surface area contributed by atoms with E-state index in [0.717, 1.165) is 41.2 Å². The van der Waals surface area contributed by atoms with Gasteiger partial charge >= 0.3 is 0 Å². The molecule has 3 aromatic rings. The summed E-state index contributed by atoms with van der Waals surface area (Å²) >= 11 is 0. The van der Waals surface area contributed by atoms with Crippen LogP contribution in [0.1, 0.15) is 33.3 Å². The predicted molar refractivity (Wildman–Crippen MR) is 148 cm³/mol. The van der Waals surface area contributed by atoms with Gasteiger partial charge in [-0.05, 0) is 37.6 Å². The summed E-state index contributed by atoms with van der Waals surface area (Å²) in [5, 5.41) is 3.38. The van der Waals surface area contributed by atoms with Crippen molar-refractivity contribution in [3.8, 4) is 17.0 Å². The zero-order valence-electron chi connectivity index (χ0n) is 22.1. The lowest BCUT2D eigenvalue weighted by atomic mass is 9.99. The van der Waals surface area contributed by atoms with Gasteiger partial charge in [-0.3, -0.25) is 9.98 Å². The van der Waals surface area contributed by atoms with Crippen molar-refractivity contribution in [2.24, 2.45) is 4.99 Å². The molecular weight excluding hydrogens is 452 g/mol. The second kappa shape index (κ2) is 13.3. The van der Waals surface area contributed by atoms with E-state index >= 15 is 0 Å². The maximum atomic E-state index is 5.85. The smallest absolute Gasteiger partial charge is 0.228 e.